The second-order valence-corrected chi connectivity index (χ2v) is 7.28. The van der Waals surface area contributed by atoms with E-state index in [9.17, 15) is 13.2 Å². The highest BCUT2D eigenvalue weighted by atomic mass is 19.4. The maximum absolute atomic E-state index is 13.1. The van der Waals surface area contributed by atoms with Crippen LogP contribution in [0.1, 0.15) is 5.56 Å². The third kappa shape index (κ3) is 3.65. The van der Waals surface area contributed by atoms with Gasteiger partial charge in [-0.05, 0) is 35.9 Å². The summed E-state index contributed by atoms with van der Waals surface area (Å²) < 4.78 is 52.3. The van der Waals surface area contributed by atoms with Crippen LogP contribution in [0, 0.1) is 0 Å². The fraction of sp³-hybridized carbons (Fsp3) is 0.174. The first-order valence-electron chi connectivity index (χ1n) is 9.68. The van der Waals surface area contributed by atoms with Crippen molar-refractivity contribution in [3.8, 4) is 22.8 Å². The quantitative estimate of drug-likeness (QED) is 0.453. The van der Waals surface area contributed by atoms with Gasteiger partial charge in [0.25, 0.3) is 0 Å². The number of nitrogens with zero attached hydrogens (tertiary/aromatic N) is 2. The number of ether oxygens (including phenoxy) is 2. The minimum atomic E-state index is -4.39. The first kappa shape index (κ1) is 19.3. The van der Waals surface area contributed by atoms with Gasteiger partial charge in [-0.15, -0.1) is 0 Å². The molecular formula is C23H18F3N3O2. The lowest BCUT2D eigenvalue weighted by molar-refractivity contribution is -0.137. The summed E-state index contributed by atoms with van der Waals surface area (Å²) in [5.41, 5.74) is 2.15. The van der Waals surface area contributed by atoms with Crippen molar-refractivity contribution >= 4 is 22.4 Å². The van der Waals surface area contributed by atoms with Gasteiger partial charge in [0.15, 0.2) is 11.5 Å². The predicted octanol–water partition coefficient (Wildman–Crippen LogP) is 5.77. The Morgan fingerprint density at radius 3 is 2.58 bits per heavy atom. The van der Waals surface area contributed by atoms with Crippen molar-refractivity contribution < 1.29 is 22.6 Å². The summed E-state index contributed by atoms with van der Waals surface area (Å²) >= 11 is 0. The van der Waals surface area contributed by atoms with Crippen LogP contribution in [0.5, 0.6) is 11.5 Å². The topological polar surface area (TPSA) is 48.3 Å². The Hall–Kier alpha value is -3.68. The third-order valence-electron chi connectivity index (χ3n) is 5.23. The summed E-state index contributed by atoms with van der Waals surface area (Å²) in [4.78, 5) is 4.44. The second-order valence-electron chi connectivity index (χ2n) is 7.28. The second kappa shape index (κ2) is 7.23. The Morgan fingerprint density at radius 2 is 1.77 bits per heavy atom. The van der Waals surface area contributed by atoms with Crippen LogP contribution in [0.4, 0.5) is 24.7 Å². The summed E-state index contributed by atoms with van der Waals surface area (Å²) in [5.74, 6) is 1.98. The van der Waals surface area contributed by atoms with Crippen molar-refractivity contribution in [1.29, 1.82) is 0 Å². The molecule has 1 aliphatic heterocycles. The SMILES string of the molecule is Cn1c(-c2cccc(C(F)(F)F)c2)cc2cnc(Nc3ccc4c(c3)OCCO4)cc21. The van der Waals surface area contributed by atoms with Gasteiger partial charge in [0.05, 0.1) is 11.1 Å². The largest absolute Gasteiger partial charge is 0.486 e. The number of aromatic nitrogens is 2. The van der Waals surface area contributed by atoms with Crippen molar-refractivity contribution in [3.05, 3.63) is 66.4 Å². The minimum Gasteiger partial charge on any atom is -0.486 e. The highest BCUT2D eigenvalue weighted by Gasteiger charge is 2.30. The molecule has 4 aromatic rings. The molecular weight excluding hydrogens is 407 g/mol. The van der Waals surface area contributed by atoms with Crippen LogP contribution < -0.4 is 14.8 Å². The minimum absolute atomic E-state index is 0.495. The molecule has 8 heteroatoms. The Morgan fingerprint density at radius 1 is 0.968 bits per heavy atom. The van der Waals surface area contributed by atoms with E-state index in [1.807, 2.05) is 41.9 Å². The van der Waals surface area contributed by atoms with E-state index in [4.69, 9.17) is 9.47 Å². The summed E-state index contributed by atoms with van der Waals surface area (Å²) in [5, 5.41) is 4.08. The van der Waals surface area contributed by atoms with Crippen LogP contribution in [-0.4, -0.2) is 22.8 Å². The van der Waals surface area contributed by atoms with Gasteiger partial charge in [0, 0.05) is 42.1 Å². The lowest BCUT2D eigenvalue weighted by Gasteiger charge is -2.19. The number of pyridine rings is 1. The molecule has 1 N–H and O–H groups in total. The van der Waals surface area contributed by atoms with Gasteiger partial charge in [-0.25, -0.2) is 4.98 Å². The molecule has 2 aromatic heterocycles. The van der Waals surface area contributed by atoms with Crippen molar-refractivity contribution in [2.45, 2.75) is 6.18 Å². The average molecular weight is 425 g/mol. The van der Waals surface area contributed by atoms with Crippen LogP contribution in [0.3, 0.4) is 0 Å². The molecule has 0 atom stereocenters. The molecule has 0 aliphatic carbocycles. The van der Waals surface area contributed by atoms with Crippen molar-refractivity contribution in [1.82, 2.24) is 9.55 Å². The Labute approximate surface area is 176 Å². The fourth-order valence-corrected chi connectivity index (χ4v) is 3.70. The van der Waals surface area contributed by atoms with E-state index in [0.29, 0.717) is 41.8 Å². The molecule has 5 rings (SSSR count). The molecule has 0 amide bonds. The smallest absolute Gasteiger partial charge is 0.416 e. The number of fused-ring (bicyclic) bond motifs is 2. The van der Waals surface area contributed by atoms with Gasteiger partial charge in [0.1, 0.15) is 19.0 Å². The number of hydrogen-bond acceptors (Lipinski definition) is 4. The normalized spacial score (nSPS) is 13.4. The van der Waals surface area contributed by atoms with Crippen LogP contribution in [0.2, 0.25) is 0 Å². The number of nitrogens with one attached hydrogen (secondary N) is 1. The molecule has 0 fully saturated rings. The molecule has 2 aromatic carbocycles. The molecule has 3 heterocycles. The highest BCUT2D eigenvalue weighted by molar-refractivity contribution is 5.88. The van der Waals surface area contributed by atoms with E-state index in [-0.39, 0.29) is 0 Å². The summed E-state index contributed by atoms with van der Waals surface area (Å²) in [6.45, 7) is 1.03. The average Bonchev–Trinajstić information content (AvgIpc) is 3.09. The lowest BCUT2D eigenvalue weighted by Crippen LogP contribution is -2.15. The van der Waals surface area contributed by atoms with Crippen LogP contribution in [0.25, 0.3) is 22.2 Å². The van der Waals surface area contributed by atoms with Gasteiger partial charge < -0.3 is 19.4 Å². The predicted molar refractivity (Wildman–Crippen MR) is 112 cm³/mol. The Kier molecular flexibility index (Phi) is 4.50. The number of alkyl halides is 3. The van der Waals surface area contributed by atoms with Crippen molar-refractivity contribution in [3.63, 3.8) is 0 Å². The summed E-state index contributed by atoms with van der Waals surface area (Å²) in [6, 6.07) is 14.6. The number of anilines is 2. The van der Waals surface area contributed by atoms with Crippen LogP contribution in [-0.2, 0) is 13.2 Å². The number of halogens is 3. The molecule has 0 bridgehead atoms. The van der Waals surface area contributed by atoms with Crippen LogP contribution >= 0.6 is 0 Å². The van der Waals surface area contributed by atoms with Gasteiger partial charge >= 0.3 is 6.18 Å². The monoisotopic (exact) mass is 425 g/mol. The first-order chi connectivity index (χ1) is 14.9. The maximum Gasteiger partial charge on any atom is 0.416 e. The summed E-state index contributed by atoms with van der Waals surface area (Å²) in [7, 11) is 1.83. The Balaban J connectivity index is 1.48. The molecule has 0 radical (unpaired) electrons. The standard InChI is InChI=1S/C23H18F3N3O2/c1-29-18(14-3-2-4-16(9-14)23(24,25)26)10-15-13-27-22(12-19(15)29)28-17-5-6-20-21(11-17)31-8-7-30-20/h2-6,9-13H,7-8H2,1H3,(H,27,28). The zero-order valence-electron chi connectivity index (χ0n) is 16.5. The maximum atomic E-state index is 13.1. The van der Waals surface area contributed by atoms with E-state index in [1.165, 1.54) is 6.07 Å². The van der Waals surface area contributed by atoms with Gasteiger partial charge in [-0.1, -0.05) is 12.1 Å². The molecule has 0 saturated heterocycles. The molecule has 5 nitrogen and oxygen atoms in total. The zero-order chi connectivity index (χ0) is 21.6. The first-order valence-corrected chi connectivity index (χ1v) is 9.68. The van der Waals surface area contributed by atoms with Gasteiger partial charge in [-0.3, -0.25) is 0 Å². The van der Waals surface area contributed by atoms with Crippen LogP contribution in [0.15, 0.2) is 60.8 Å². The van der Waals surface area contributed by atoms with E-state index < -0.39 is 11.7 Å². The fourth-order valence-electron chi connectivity index (χ4n) is 3.70. The summed E-state index contributed by atoms with van der Waals surface area (Å²) in [6.07, 6.45) is -2.68. The number of hydrogen-bond donors (Lipinski definition) is 1. The van der Waals surface area contributed by atoms with Crippen molar-refractivity contribution in [2.75, 3.05) is 18.5 Å². The van der Waals surface area contributed by atoms with E-state index in [0.717, 1.165) is 28.7 Å². The molecule has 0 spiro atoms. The zero-order valence-corrected chi connectivity index (χ0v) is 16.5. The molecule has 1 aliphatic rings. The van der Waals surface area contributed by atoms with E-state index >= 15 is 0 Å². The number of benzene rings is 2. The molecule has 0 unspecified atom stereocenters. The third-order valence-corrected chi connectivity index (χ3v) is 5.23. The van der Waals surface area contributed by atoms with Gasteiger partial charge in [0.2, 0.25) is 0 Å². The number of rotatable bonds is 3. The number of aryl methyl sites for hydroxylation is 1. The molecule has 31 heavy (non-hydrogen) atoms. The van der Waals surface area contributed by atoms with E-state index in [2.05, 4.69) is 10.3 Å². The van der Waals surface area contributed by atoms with Gasteiger partial charge in [-0.2, -0.15) is 13.2 Å². The van der Waals surface area contributed by atoms with E-state index in [1.54, 1.807) is 12.3 Å². The lowest BCUT2D eigenvalue weighted by atomic mass is 10.1. The molecule has 158 valence electrons. The molecule has 0 saturated carbocycles. The highest BCUT2D eigenvalue weighted by Crippen LogP contribution is 2.35. The van der Waals surface area contributed by atoms with Crippen molar-refractivity contribution in [2.24, 2.45) is 7.05 Å². The Bertz CT molecular complexity index is 1280.